The lowest BCUT2D eigenvalue weighted by atomic mass is 9.77. The average molecular weight is 736 g/mol. The Balaban J connectivity index is 0.930. The lowest BCUT2D eigenvalue weighted by Gasteiger charge is -2.29. The van der Waals surface area contributed by atoms with Crippen molar-refractivity contribution in [2.75, 3.05) is 5.32 Å². The number of anilines is 1. The van der Waals surface area contributed by atoms with Crippen molar-refractivity contribution < 1.29 is 18.0 Å². The maximum absolute atomic E-state index is 13.5. The fourth-order valence-corrected chi connectivity index (χ4v) is 9.12. The summed E-state index contributed by atoms with van der Waals surface area (Å²) in [6.45, 7) is 6.60. The predicted molar refractivity (Wildman–Crippen MR) is 221 cm³/mol. The van der Waals surface area contributed by atoms with Crippen LogP contribution in [0.5, 0.6) is 0 Å². The van der Waals surface area contributed by atoms with Crippen LogP contribution in [0.2, 0.25) is 0 Å². The van der Waals surface area contributed by atoms with Gasteiger partial charge in [0.25, 0.3) is 5.91 Å². The molecule has 0 saturated heterocycles. The highest BCUT2D eigenvalue weighted by Gasteiger charge is 2.37. The van der Waals surface area contributed by atoms with Crippen molar-refractivity contribution in [3.05, 3.63) is 149 Å². The molecular formula is C50H48F3NO. The topological polar surface area (TPSA) is 29.1 Å². The number of halogens is 3. The lowest BCUT2D eigenvalue weighted by molar-refractivity contribution is -0.137. The first-order valence-corrected chi connectivity index (χ1v) is 19.9. The van der Waals surface area contributed by atoms with Gasteiger partial charge in [0.1, 0.15) is 0 Å². The molecule has 0 aromatic heterocycles. The van der Waals surface area contributed by atoms with E-state index >= 15 is 0 Å². The predicted octanol–water partition coefficient (Wildman–Crippen LogP) is 14.6. The van der Waals surface area contributed by atoms with E-state index in [9.17, 15) is 18.0 Å². The van der Waals surface area contributed by atoms with Crippen molar-refractivity contribution in [1.29, 1.82) is 0 Å². The highest BCUT2D eigenvalue weighted by molar-refractivity contribution is 6.05. The molecule has 280 valence electrons. The maximum Gasteiger partial charge on any atom is 0.416 e. The number of unbranched alkanes of at least 4 members (excludes halogenated alkanes) is 2. The Labute approximate surface area is 322 Å². The molecule has 0 radical (unpaired) electrons. The highest BCUT2D eigenvalue weighted by atomic mass is 19.4. The van der Waals surface area contributed by atoms with Crippen molar-refractivity contribution >= 4 is 22.4 Å². The number of benzene rings is 6. The zero-order valence-corrected chi connectivity index (χ0v) is 31.9. The minimum absolute atomic E-state index is 0.170. The Kier molecular flexibility index (Phi) is 9.92. The third-order valence-electron chi connectivity index (χ3n) is 12.4. The van der Waals surface area contributed by atoms with Gasteiger partial charge in [-0.25, -0.2) is 0 Å². The van der Waals surface area contributed by atoms with Crippen molar-refractivity contribution in [3.8, 4) is 33.4 Å². The van der Waals surface area contributed by atoms with Gasteiger partial charge >= 0.3 is 6.18 Å². The van der Waals surface area contributed by atoms with Crippen molar-refractivity contribution in [1.82, 2.24) is 0 Å². The van der Waals surface area contributed by atoms with Crippen LogP contribution in [0.25, 0.3) is 44.2 Å². The van der Waals surface area contributed by atoms with Gasteiger partial charge in [0.15, 0.2) is 0 Å². The number of carbonyl (C=O) groups is 1. The second kappa shape index (κ2) is 14.8. The second-order valence-electron chi connectivity index (χ2n) is 16.3. The molecule has 0 spiro atoms. The monoisotopic (exact) mass is 735 g/mol. The van der Waals surface area contributed by atoms with Gasteiger partial charge in [0.05, 0.1) is 5.56 Å². The molecule has 0 bridgehead atoms. The molecule has 6 aromatic carbocycles. The Morgan fingerprint density at radius 3 is 1.98 bits per heavy atom. The van der Waals surface area contributed by atoms with Crippen LogP contribution in [0.15, 0.2) is 121 Å². The summed E-state index contributed by atoms with van der Waals surface area (Å²) in [5, 5.41) is 4.43. The zero-order chi connectivity index (χ0) is 38.3. The zero-order valence-electron chi connectivity index (χ0n) is 31.9. The minimum Gasteiger partial charge on any atom is -0.322 e. The Hall–Kier alpha value is -5.16. The fraction of sp³-hybridized carbons (Fsp3) is 0.300. The molecule has 5 heteroatoms. The molecule has 1 amide bonds. The molecule has 55 heavy (non-hydrogen) atoms. The summed E-state index contributed by atoms with van der Waals surface area (Å²) in [6, 6.07) is 38.8. The second-order valence-corrected chi connectivity index (χ2v) is 16.3. The van der Waals surface area contributed by atoms with Gasteiger partial charge < -0.3 is 5.32 Å². The first-order valence-electron chi connectivity index (χ1n) is 19.9. The summed E-state index contributed by atoms with van der Waals surface area (Å²) in [7, 11) is 0. The highest BCUT2D eigenvalue weighted by Crippen LogP contribution is 2.52. The number of fused-ring (bicyclic) bond motifs is 5. The molecule has 1 fully saturated rings. The van der Waals surface area contributed by atoms with E-state index in [1.807, 2.05) is 54.6 Å². The Morgan fingerprint density at radius 1 is 0.691 bits per heavy atom. The van der Waals surface area contributed by atoms with Crippen LogP contribution in [0, 0.1) is 5.92 Å². The molecule has 0 aliphatic heterocycles. The molecule has 0 unspecified atom stereocenters. The van der Waals surface area contributed by atoms with E-state index in [2.05, 4.69) is 68.6 Å². The number of alkyl halides is 3. The minimum atomic E-state index is -4.40. The molecule has 0 atom stereocenters. The number of nitrogens with one attached hydrogen (secondary N) is 1. The van der Waals surface area contributed by atoms with E-state index in [4.69, 9.17) is 0 Å². The molecule has 2 aliphatic carbocycles. The van der Waals surface area contributed by atoms with Gasteiger partial charge in [0, 0.05) is 16.7 Å². The smallest absolute Gasteiger partial charge is 0.322 e. The van der Waals surface area contributed by atoms with Crippen LogP contribution in [-0.4, -0.2) is 5.91 Å². The van der Waals surface area contributed by atoms with E-state index in [-0.39, 0.29) is 11.3 Å². The van der Waals surface area contributed by atoms with E-state index in [1.165, 1.54) is 69.1 Å². The lowest BCUT2D eigenvalue weighted by Crippen LogP contribution is -2.14. The van der Waals surface area contributed by atoms with Crippen molar-refractivity contribution in [3.63, 3.8) is 0 Å². The summed E-state index contributed by atoms with van der Waals surface area (Å²) in [6.07, 6.45) is 6.33. The van der Waals surface area contributed by atoms with Crippen LogP contribution in [0.1, 0.15) is 111 Å². The molecular weight excluding hydrogens is 688 g/mol. The molecule has 0 heterocycles. The van der Waals surface area contributed by atoms with Gasteiger partial charge in [-0.15, -0.1) is 0 Å². The van der Waals surface area contributed by atoms with Crippen LogP contribution in [0.3, 0.4) is 0 Å². The average Bonchev–Trinajstić information content (AvgIpc) is 3.43. The van der Waals surface area contributed by atoms with Crippen molar-refractivity contribution in [2.24, 2.45) is 5.92 Å². The largest absolute Gasteiger partial charge is 0.416 e. The maximum atomic E-state index is 13.5. The third-order valence-corrected chi connectivity index (χ3v) is 12.4. The quantitative estimate of drug-likeness (QED) is 0.147. The Bertz CT molecular complexity index is 2330. The van der Waals surface area contributed by atoms with E-state index in [1.54, 1.807) is 12.1 Å². The normalized spacial score (nSPS) is 17.5. The summed E-state index contributed by atoms with van der Waals surface area (Å²) in [5.74, 6) is 1.41. The van der Waals surface area contributed by atoms with Crippen LogP contribution >= 0.6 is 0 Å². The van der Waals surface area contributed by atoms with Gasteiger partial charge in [-0.1, -0.05) is 125 Å². The summed E-state index contributed by atoms with van der Waals surface area (Å²) in [4.78, 5) is 13.2. The van der Waals surface area contributed by atoms with Gasteiger partial charge in [0.2, 0.25) is 0 Å². The number of hydrogen-bond donors (Lipinski definition) is 1. The van der Waals surface area contributed by atoms with Crippen molar-refractivity contribution in [2.45, 2.75) is 89.6 Å². The number of hydrogen-bond acceptors (Lipinski definition) is 1. The summed E-state index contributed by atoms with van der Waals surface area (Å²) >= 11 is 0. The molecule has 6 aromatic rings. The van der Waals surface area contributed by atoms with Gasteiger partial charge in [-0.05, 0) is 141 Å². The summed E-state index contributed by atoms with van der Waals surface area (Å²) < 4.78 is 40.6. The van der Waals surface area contributed by atoms with Crippen LogP contribution in [-0.2, 0) is 11.6 Å². The number of carbonyl (C=O) groups excluding carboxylic acids is 1. The number of rotatable bonds is 9. The standard InChI is InChI=1S/C50H48F3NO/c1-4-5-6-7-32-8-10-33(11-9-32)34-12-14-35(15-13-34)36-16-18-38(19-17-36)48(55)54-42-25-20-37(21-26-42)39-22-28-45-44(31-39)47-43-27-24-41(50(51,52)53)30-40(43)23-29-46(47)49(45,2)3/h12-33H,4-11H2,1-3H3,(H,54,55). The van der Waals surface area contributed by atoms with E-state index in [0.29, 0.717) is 22.6 Å². The van der Waals surface area contributed by atoms with E-state index in [0.717, 1.165) is 55.8 Å². The molecule has 2 aliphatic rings. The van der Waals surface area contributed by atoms with Crippen LogP contribution < -0.4 is 5.32 Å². The summed E-state index contributed by atoms with van der Waals surface area (Å²) in [5.41, 5.74) is 10.3. The van der Waals surface area contributed by atoms with Gasteiger partial charge in [-0.2, -0.15) is 13.2 Å². The first-order chi connectivity index (χ1) is 26.5. The third kappa shape index (κ3) is 7.34. The molecule has 1 N–H and O–H groups in total. The van der Waals surface area contributed by atoms with Gasteiger partial charge in [-0.3, -0.25) is 4.79 Å². The SMILES string of the molecule is CCCCCC1CCC(c2ccc(-c3ccc(C(=O)Nc4ccc(-c5ccc6c(c5)-c5c(ccc7cc(C(F)(F)F)ccc57)C6(C)C)cc4)cc3)cc2)CC1. The fourth-order valence-electron chi connectivity index (χ4n) is 9.12. The first kappa shape index (κ1) is 36.8. The van der Waals surface area contributed by atoms with E-state index < -0.39 is 11.7 Å². The number of amides is 1. The Morgan fingerprint density at radius 2 is 1.31 bits per heavy atom. The molecule has 8 rings (SSSR count). The molecule has 2 nitrogen and oxygen atoms in total. The van der Waals surface area contributed by atoms with Crippen LogP contribution in [0.4, 0.5) is 18.9 Å². The molecule has 1 saturated carbocycles.